The first-order valence-corrected chi connectivity index (χ1v) is 9.04. The fraction of sp³-hybridized carbons (Fsp3) is 0.474. The molecule has 0 saturated carbocycles. The van der Waals surface area contributed by atoms with E-state index in [1.54, 1.807) is 12.1 Å². The summed E-state index contributed by atoms with van der Waals surface area (Å²) in [4.78, 5) is 44.6. The predicted octanol–water partition coefficient (Wildman–Crippen LogP) is 1.75. The molecule has 2 aliphatic heterocycles. The number of rotatable bonds is 5. The maximum atomic E-state index is 12.7. The molecular formula is C19H24N4O3. The molecule has 0 bridgehead atoms. The Bertz CT molecular complexity index is 725. The quantitative estimate of drug-likeness (QED) is 0.644. The van der Waals surface area contributed by atoms with Gasteiger partial charge in [0, 0.05) is 12.8 Å². The molecule has 2 saturated heterocycles. The van der Waals surface area contributed by atoms with Gasteiger partial charge in [-0.15, -0.1) is 0 Å². The molecule has 4 amide bonds. The lowest BCUT2D eigenvalue weighted by molar-refractivity contribution is -0.131. The van der Waals surface area contributed by atoms with Crippen LogP contribution in [0.25, 0.3) is 0 Å². The number of benzene rings is 1. The number of anilines is 1. The number of nitrogens with one attached hydrogen (secondary N) is 1. The molecule has 7 nitrogen and oxygen atoms in total. The topological polar surface area (TPSA) is 82.1 Å². The molecule has 2 fully saturated rings. The van der Waals surface area contributed by atoms with E-state index >= 15 is 0 Å². The van der Waals surface area contributed by atoms with E-state index in [1.165, 1.54) is 25.5 Å². The number of aryl methyl sites for hydroxylation is 1. The monoisotopic (exact) mass is 356 g/mol. The van der Waals surface area contributed by atoms with Gasteiger partial charge >= 0.3 is 6.03 Å². The Kier molecular flexibility index (Phi) is 5.78. The van der Waals surface area contributed by atoms with Crippen LogP contribution in [-0.2, 0) is 9.59 Å². The second-order valence-electron chi connectivity index (χ2n) is 6.69. The number of hydrogen-bond donors (Lipinski definition) is 1. The number of nitrogens with zero attached hydrogens (tertiary/aromatic N) is 3. The van der Waals surface area contributed by atoms with E-state index in [0.717, 1.165) is 30.1 Å². The summed E-state index contributed by atoms with van der Waals surface area (Å²) < 4.78 is 0. The van der Waals surface area contributed by atoms with Crippen LogP contribution in [-0.4, -0.2) is 55.1 Å². The van der Waals surface area contributed by atoms with E-state index in [2.05, 4.69) is 15.2 Å². The van der Waals surface area contributed by atoms with Gasteiger partial charge in [0.15, 0.2) is 5.92 Å². The molecule has 0 aromatic heterocycles. The molecule has 1 N–H and O–H groups in total. The number of amides is 4. The van der Waals surface area contributed by atoms with Gasteiger partial charge in [-0.25, -0.2) is 9.69 Å². The van der Waals surface area contributed by atoms with Gasteiger partial charge in [-0.1, -0.05) is 24.6 Å². The number of hydrogen-bond acceptors (Lipinski definition) is 5. The van der Waals surface area contributed by atoms with Gasteiger partial charge in [-0.2, -0.15) is 0 Å². The highest BCUT2D eigenvalue weighted by Gasteiger charge is 2.40. The normalized spacial score (nSPS) is 22.1. The summed E-state index contributed by atoms with van der Waals surface area (Å²) in [6.07, 6.45) is 5.07. The van der Waals surface area contributed by atoms with Crippen molar-refractivity contribution in [3.8, 4) is 0 Å². The largest absolute Gasteiger partial charge is 0.335 e. The van der Waals surface area contributed by atoms with E-state index in [-0.39, 0.29) is 0 Å². The molecule has 2 aliphatic rings. The van der Waals surface area contributed by atoms with Crippen LogP contribution in [0, 0.1) is 12.8 Å². The van der Waals surface area contributed by atoms with Gasteiger partial charge in [0.25, 0.3) is 5.91 Å². The van der Waals surface area contributed by atoms with Crippen LogP contribution in [0.1, 0.15) is 24.8 Å². The third-order valence-corrected chi connectivity index (χ3v) is 4.81. The van der Waals surface area contributed by atoms with Crippen molar-refractivity contribution in [2.75, 3.05) is 31.1 Å². The second kappa shape index (κ2) is 8.23. The molecular weight excluding hydrogens is 332 g/mol. The molecule has 26 heavy (non-hydrogen) atoms. The Labute approximate surface area is 153 Å². The van der Waals surface area contributed by atoms with Crippen LogP contribution in [0.4, 0.5) is 10.5 Å². The van der Waals surface area contributed by atoms with E-state index in [9.17, 15) is 14.4 Å². The molecule has 138 valence electrons. The minimum Gasteiger partial charge on any atom is -0.302 e. The van der Waals surface area contributed by atoms with Crippen LogP contribution in [0.15, 0.2) is 29.3 Å². The molecule has 0 radical (unpaired) electrons. The van der Waals surface area contributed by atoms with Gasteiger partial charge in [-0.3, -0.25) is 19.9 Å². The highest BCUT2D eigenvalue weighted by Crippen LogP contribution is 2.23. The van der Waals surface area contributed by atoms with Crippen molar-refractivity contribution >= 4 is 29.7 Å². The van der Waals surface area contributed by atoms with Gasteiger partial charge < -0.3 is 4.90 Å². The van der Waals surface area contributed by atoms with E-state index < -0.39 is 23.8 Å². The van der Waals surface area contributed by atoms with Crippen molar-refractivity contribution in [3.63, 3.8) is 0 Å². The van der Waals surface area contributed by atoms with Crippen LogP contribution in [0.2, 0.25) is 0 Å². The van der Waals surface area contributed by atoms with Crippen molar-refractivity contribution in [1.82, 2.24) is 10.2 Å². The number of urea groups is 1. The summed E-state index contributed by atoms with van der Waals surface area (Å²) in [6, 6.07) is 6.37. The lowest BCUT2D eigenvalue weighted by atomic mass is 10.0. The summed E-state index contributed by atoms with van der Waals surface area (Å²) in [5.74, 6) is -2.25. The molecule has 0 spiro atoms. The van der Waals surface area contributed by atoms with Crippen molar-refractivity contribution < 1.29 is 14.4 Å². The van der Waals surface area contributed by atoms with Crippen molar-refractivity contribution in [2.24, 2.45) is 10.9 Å². The lowest BCUT2D eigenvalue weighted by Crippen LogP contribution is -2.58. The van der Waals surface area contributed by atoms with Crippen LogP contribution >= 0.6 is 0 Å². The molecule has 7 heteroatoms. The third-order valence-electron chi connectivity index (χ3n) is 4.81. The van der Waals surface area contributed by atoms with Crippen molar-refractivity contribution in [2.45, 2.75) is 26.2 Å². The first-order chi connectivity index (χ1) is 12.6. The molecule has 1 aromatic rings. The fourth-order valence-electron chi connectivity index (χ4n) is 3.33. The first kappa shape index (κ1) is 18.3. The van der Waals surface area contributed by atoms with Crippen LogP contribution in [0.5, 0.6) is 0 Å². The van der Waals surface area contributed by atoms with Gasteiger partial charge in [0.05, 0.1) is 12.2 Å². The number of barbiturate groups is 1. The number of aliphatic imine (C=N–C) groups is 1. The van der Waals surface area contributed by atoms with Crippen molar-refractivity contribution in [1.29, 1.82) is 0 Å². The third kappa shape index (κ3) is 3.99. The van der Waals surface area contributed by atoms with Crippen LogP contribution in [0.3, 0.4) is 0 Å². The van der Waals surface area contributed by atoms with Crippen LogP contribution < -0.4 is 10.2 Å². The average Bonchev–Trinajstić information content (AvgIpc) is 2.63. The number of carbonyl (C=O) groups is 3. The van der Waals surface area contributed by atoms with E-state index in [0.29, 0.717) is 12.2 Å². The smallest absolute Gasteiger partial charge is 0.302 e. The van der Waals surface area contributed by atoms with Gasteiger partial charge in [-0.05, 0) is 44.5 Å². The molecule has 3 rings (SSSR count). The summed E-state index contributed by atoms with van der Waals surface area (Å²) in [5, 5.41) is 2.25. The fourth-order valence-corrected chi connectivity index (χ4v) is 3.33. The maximum Gasteiger partial charge on any atom is 0.335 e. The Morgan fingerprint density at radius 3 is 2.62 bits per heavy atom. The zero-order valence-corrected chi connectivity index (χ0v) is 15.0. The summed E-state index contributed by atoms with van der Waals surface area (Å²) in [7, 11) is 0. The van der Waals surface area contributed by atoms with E-state index in [4.69, 9.17) is 0 Å². The summed E-state index contributed by atoms with van der Waals surface area (Å²) >= 11 is 0. The van der Waals surface area contributed by atoms with Gasteiger partial charge in [0.2, 0.25) is 5.91 Å². The average molecular weight is 356 g/mol. The highest BCUT2D eigenvalue weighted by atomic mass is 16.2. The molecule has 2 heterocycles. The number of imide groups is 2. The van der Waals surface area contributed by atoms with Crippen molar-refractivity contribution in [3.05, 3.63) is 29.8 Å². The number of piperidine rings is 1. The number of carbonyl (C=O) groups excluding carboxylic acids is 3. The standard InChI is InChI=1S/C19H24N4O3/c1-14-7-3-4-8-16(14)23-18(25)15(17(24)21-19(23)26)13-20-9-12-22-10-5-2-6-11-22/h3-4,7-8,13,15H,2,5-6,9-12H2,1H3,(H,21,24,26)/t15-/m1/s1. The second-order valence-corrected chi connectivity index (χ2v) is 6.69. The highest BCUT2D eigenvalue weighted by molar-refractivity contribution is 6.32. The Morgan fingerprint density at radius 1 is 1.15 bits per heavy atom. The molecule has 1 atom stereocenters. The molecule has 0 unspecified atom stereocenters. The Hall–Kier alpha value is -2.54. The predicted molar refractivity (Wildman–Crippen MR) is 99.3 cm³/mol. The van der Waals surface area contributed by atoms with E-state index in [1.807, 2.05) is 19.1 Å². The Balaban J connectivity index is 1.67. The Morgan fingerprint density at radius 2 is 1.88 bits per heavy atom. The minimum absolute atomic E-state index is 0.481. The first-order valence-electron chi connectivity index (χ1n) is 9.04. The number of likely N-dealkylation sites (tertiary alicyclic amines) is 1. The molecule has 0 aliphatic carbocycles. The number of para-hydroxylation sites is 1. The maximum absolute atomic E-state index is 12.7. The summed E-state index contributed by atoms with van der Waals surface area (Å²) in [6.45, 7) is 5.32. The van der Waals surface area contributed by atoms with Gasteiger partial charge in [0.1, 0.15) is 0 Å². The minimum atomic E-state index is -1.08. The lowest BCUT2D eigenvalue weighted by Gasteiger charge is -2.29. The zero-order valence-electron chi connectivity index (χ0n) is 15.0. The molecule has 1 aromatic carbocycles. The zero-order chi connectivity index (χ0) is 18.5. The summed E-state index contributed by atoms with van der Waals surface area (Å²) in [5.41, 5.74) is 1.26. The SMILES string of the molecule is Cc1ccccc1N1C(=O)NC(=O)[C@@H](C=NCCN2CCCCC2)C1=O.